The first-order chi connectivity index (χ1) is 9.62. The van der Waals surface area contributed by atoms with Crippen molar-refractivity contribution in [3.63, 3.8) is 0 Å². The fourth-order valence-corrected chi connectivity index (χ4v) is 1.78. The van der Waals surface area contributed by atoms with Crippen LogP contribution in [0.3, 0.4) is 0 Å². The molecule has 0 spiro atoms. The van der Waals surface area contributed by atoms with Gasteiger partial charge in [-0.25, -0.2) is 4.79 Å². The zero-order chi connectivity index (χ0) is 15.0. The first-order valence-corrected chi connectivity index (χ1v) is 7.02. The Bertz CT molecular complexity index is 435. The predicted molar refractivity (Wildman–Crippen MR) is 80.3 cm³/mol. The Balaban J connectivity index is 2.82. The van der Waals surface area contributed by atoms with Crippen LogP contribution in [0.2, 0.25) is 0 Å². The molecule has 1 rings (SSSR count). The number of nitrogens with one attached hydrogen (secondary N) is 1. The molecule has 2 amide bonds. The molecule has 0 heterocycles. The summed E-state index contributed by atoms with van der Waals surface area (Å²) in [6.45, 7) is 7.32. The van der Waals surface area contributed by atoms with E-state index in [1.807, 2.05) is 39.0 Å². The third-order valence-electron chi connectivity index (χ3n) is 2.88. The van der Waals surface area contributed by atoms with Gasteiger partial charge in [-0.2, -0.15) is 0 Å². The predicted octanol–water partition coefficient (Wildman–Crippen LogP) is 2.63. The largest absolute Gasteiger partial charge is 0.491 e. The van der Waals surface area contributed by atoms with Gasteiger partial charge in [0.05, 0.1) is 18.9 Å². The molecule has 20 heavy (non-hydrogen) atoms. The molecule has 0 aliphatic carbocycles. The van der Waals surface area contributed by atoms with Crippen molar-refractivity contribution in [3.8, 4) is 5.75 Å². The standard InChI is InChI=1S/C15H24N2O3/c1-4-10-20-14-11-12(3)6-7-13(14)16-15(19)17(5-2)8-9-18/h6-7,11,18H,4-5,8-10H2,1-3H3,(H,16,19). The number of aliphatic hydroxyl groups is 1. The molecule has 0 radical (unpaired) electrons. The minimum absolute atomic E-state index is 0.0473. The van der Waals surface area contributed by atoms with E-state index in [0.29, 0.717) is 31.1 Å². The molecule has 0 saturated carbocycles. The number of benzene rings is 1. The molecule has 0 saturated heterocycles. The number of urea groups is 1. The normalized spacial score (nSPS) is 10.2. The van der Waals surface area contributed by atoms with Crippen molar-refractivity contribution in [1.82, 2.24) is 4.90 Å². The van der Waals surface area contributed by atoms with Gasteiger partial charge in [0.2, 0.25) is 0 Å². The lowest BCUT2D eigenvalue weighted by Crippen LogP contribution is -2.36. The number of anilines is 1. The number of rotatable bonds is 7. The van der Waals surface area contributed by atoms with Crippen molar-refractivity contribution in [3.05, 3.63) is 23.8 Å². The Morgan fingerprint density at radius 1 is 1.40 bits per heavy atom. The van der Waals surface area contributed by atoms with E-state index in [1.165, 1.54) is 0 Å². The van der Waals surface area contributed by atoms with Crippen molar-refractivity contribution in [2.45, 2.75) is 27.2 Å². The summed E-state index contributed by atoms with van der Waals surface area (Å²) in [7, 11) is 0. The topological polar surface area (TPSA) is 61.8 Å². The molecule has 0 fully saturated rings. The fourth-order valence-electron chi connectivity index (χ4n) is 1.78. The van der Waals surface area contributed by atoms with Crippen LogP contribution in [0.1, 0.15) is 25.8 Å². The highest BCUT2D eigenvalue weighted by Crippen LogP contribution is 2.26. The molecular weight excluding hydrogens is 256 g/mol. The number of ether oxygens (including phenoxy) is 1. The van der Waals surface area contributed by atoms with Gasteiger partial charge in [-0.1, -0.05) is 13.0 Å². The van der Waals surface area contributed by atoms with E-state index in [2.05, 4.69) is 5.32 Å². The molecule has 0 bridgehead atoms. The number of aliphatic hydroxyl groups excluding tert-OH is 1. The van der Waals surface area contributed by atoms with Gasteiger partial charge in [-0.05, 0) is 38.0 Å². The maximum Gasteiger partial charge on any atom is 0.322 e. The van der Waals surface area contributed by atoms with Crippen LogP contribution < -0.4 is 10.1 Å². The lowest BCUT2D eigenvalue weighted by Gasteiger charge is -2.21. The van der Waals surface area contributed by atoms with E-state index in [9.17, 15) is 4.79 Å². The Labute approximate surface area is 120 Å². The van der Waals surface area contributed by atoms with E-state index < -0.39 is 0 Å². The van der Waals surface area contributed by atoms with Crippen LogP contribution in [-0.4, -0.2) is 42.3 Å². The molecule has 5 heteroatoms. The van der Waals surface area contributed by atoms with Crippen LogP contribution in [0.15, 0.2) is 18.2 Å². The third kappa shape index (κ3) is 4.74. The molecule has 0 aliphatic rings. The number of likely N-dealkylation sites (N-methyl/N-ethyl adjacent to an activating group) is 1. The van der Waals surface area contributed by atoms with Gasteiger partial charge in [0.15, 0.2) is 0 Å². The molecule has 5 nitrogen and oxygen atoms in total. The Kier molecular flexibility index (Phi) is 6.87. The van der Waals surface area contributed by atoms with Crippen molar-refractivity contribution < 1.29 is 14.6 Å². The highest BCUT2D eigenvalue weighted by molar-refractivity contribution is 5.91. The quantitative estimate of drug-likeness (QED) is 0.807. The van der Waals surface area contributed by atoms with E-state index in [1.54, 1.807) is 4.90 Å². The van der Waals surface area contributed by atoms with Gasteiger partial charge in [0.25, 0.3) is 0 Å². The molecule has 0 aliphatic heterocycles. The molecule has 112 valence electrons. The van der Waals surface area contributed by atoms with Crippen LogP contribution in [0.25, 0.3) is 0 Å². The summed E-state index contributed by atoms with van der Waals surface area (Å²) >= 11 is 0. The minimum Gasteiger partial charge on any atom is -0.491 e. The van der Waals surface area contributed by atoms with Gasteiger partial charge >= 0.3 is 6.03 Å². The van der Waals surface area contributed by atoms with E-state index in [0.717, 1.165) is 12.0 Å². The van der Waals surface area contributed by atoms with E-state index >= 15 is 0 Å². The summed E-state index contributed by atoms with van der Waals surface area (Å²) in [5.74, 6) is 0.681. The average molecular weight is 280 g/mol. The second-order valence-corrected chi connectivity index (χ2v) is 4.58. The summed E-state index contributed by atoms with van der Waals surface area (Å²) in [4.78, 5) is 13.6. The number of nitrogens with zero attached hydrogens (tertiary/aromatic N) is 1. The van der Waals surface area contributed by atoms with E-state index in [-0.39, 0.29) is 12.6 Å². The van der Waals surface area contributed by atoms with Crippen LogP contribution >= 0.6 is 0 Å². The van der Waals surface area contributed by atoms with Gasteiger partial charge in [-0.3, -0.25) is 0 Å². The molecule has 0 aromatic heterocycles. The van der Waals surface area contributed by atoms with Crippen molar-refractivity contribution in [2.75, 3.05) is 31.6 Å². The van der Waals surface area contributed by atoms with Gasteiger partial charge in [-0.15, -0.1) is 0 Å². The van der Waals surface area contributed by atoms with Gasteiger partial charge in [0, 0.05) is 13.1 Å². The van der Waals surface area contributed by atoms with Gasteiger partial charge in [0.1, 0.15) is 5.75 Å². The zero-order valence-electron chi connectivity index (χ0n) is 12.5. The summed E-state index contributed by atoms with van der Waals surface area (Å²) in [5.41, 5.74) is 1.74. The third-order valence-corrected chi connectivity index (χ3v) is 2.88. The zero-order valence-corrected chi connectivity index (χ0v) is 12.5. The highest BCUT2D eigenvalue weighted by atomic mass is 16.5. The summed E-state index contributed by atoms with van der Waals surface area (Å²) < 4.78 is 5.66. The lowest BCUT2D eigenvalue weighted by atomic mass is 10.2. The van der Waals surface area contributed by atoms with E-state index in [4.69, 9.17) is 9.84 Å². The number of hydrogen-bond donors (Lipinski definition) is 2. The Hall–Kier alpha value is -1.75. The van der Waals surface area contributed by atoms with Crippen molar-refractivity contribution in [2.24, 2.45) is 0 Å². The summed E-state index contributed by atoms with van der Waals surface area (Å²) in [5, 5.41) is 11.8. The number of amides is 2. The molecule has 0 unspecified atom stereocenters. The SMILES string of the molecule is CCCOc1cc(C)ccc1NC(=O)N(CC)CCO. The molecule has 2 N–H and O–H groups in total. The Morgan fingerprint density at radius 2 is 2.15 bits per heavy atom. The highest BCUT2D eigenvalue weighted by Gasteiger charge is 2.13. The number of aryl methyl sites for hydroxylation is 1. The van der Waals surface area contributed by atoms with Crippen LogP contribution in [0, 0.1) is 6.92 Å². The molecule has 1 aromatic rings. The van der Waals surface area contributed by atoms with Crippen molar-refractivity contribution in [1.29, 1.82) is 0 Å². The fraction of sp³-hybridized carbons (Fsp3) is 0.533. The van der Waals surface area contributed by atoms with Crippen LogP contribution in [-0.2, 0) is 0 Å². The lowest BCUT2D eigenvalue weighted by molar-refractivity contribution is 0.192. The smallest absolute Gasteiger partial charge is 0.322 e. The van der Waals surface area contributed by atoms with Crippen LogP contribution in [0.5, 0.6) is 5.75 Å². The maximum atomic E-state index is 12.1. The van der Waals surface area contributed by atoms with Crippen LogP contribution in [0.4, 0.5) is 10.5 Å². The second-order valence-electron chi connectivity index (χ2n) is 4.58. The maximum absolute atomic E-state index is 12.1. The van der Waals surface area contributed by atoms with Crippen molar-refractivity contribution >= 4 is 11.7 Å². The second kappa shape index (κ2) is 8.43. The summed E-state index contributed by atoms with van der Waals surface area (Å²) in [6, 6.07) is 5.45. The van der Waals surface area contributed by atoms with Gasteiger partial charge < -0.3 is 20.1 Å². The Morgan fingerprint density at radius 3 is 2.75 bits per heavy atom. The molecular formula is C15H24N2O3. The number of hydrogen-bond acceptors (Lipinski definition) is 3. The molecule has 0 atom stereocenters. The minimum atomic E-state index is -0.230. The average Bonchev–Trinajstić information content (AvgIpc) is 2.44. The monoisotopic (exact) mass is 280 g/mol. The molecule has 1 aromatic carbocycles. The number of carbonyl (C=O) groups excluding carboxylic acids is 1. The first kappa shape index (κ1) is 16.3. The number of carbonyl (C=O) groups is 1. The first-order valence-electron chi connectivity index (χ1n) is 7.02. The summed E-state index contributed by atoms with van der Waals surface area (Å²) in [6.07, 6.45) is 0.910.